The van der Waals surface area contributed by atoms with E-state index < -0.39 is 11.9 Å². The molecule has 1 heterocycles. The zero-order valence-corrected chi connectivity index (χ0v) is 16.7. The zero-order chi connectivity index (χ0) is 21.2. The predicted molar refractivity (Wildman–Crippen MR) is 115 cm³/mol. The minimum absolute atomic E-state index is 0.230. The number of carbonyl (C=O) groups excluding carboxylic acids is 3. The summed E-state index contributed by atoms with van der Waals surface area (Å²) < 4.78 is 5.00. The smallest absolute Gasteiger partial charge is 0.325 e. The van der Waals surface area contributed by atoms with Crippen LogP contribution in [-0.2, 0) is 19.1 Å². The highest BCUT2D eigenvalue weighted by Gasteiger charge is 2.22. The summed E-state index contributed by atoms with van der Waals surface area (Å²) in [5.41, 5.74) is 2.02. The lowest BCUT2D eigenvalue weighted by Gasteiger charge is -2.36. The first-order valence-corrected chi connectivity index (χ1v) is 9.86. The number of para-hydroxylation sites is 1. The molecule has 0 atom stereocenters. The van der Waals surface area contributed by atoms with Crippen molar-refractivity contribution in [2.24, 2.45) is 0 Å². The van der Waals surface area contributed by atoms with Gasteiger partial charge in [-0.05, 0) is 23.8 Å². The monoisotopic (exact) mass is 407 g/mol. The number of benzene rings is 2. The lowest BCUT2D eigenvalue weighted by Crippen LogP contribution is -2.50. The van der Waals surface area contributed by atoms with Crippen molar-refractivity contribution >= 4 is 29.5 Å². The molecule has 0 unspecified atom stereocenters. The molecule has 1 N–H and O–H groups in total. The zero-order valence-electron chi connectivity index (χ0n) is 16.7. The van der Waals surface area contributed by atoms with Crippen LogP contribution < -0.4 is 10.2 Å². The van der Waals surface area contributed by atoms with Gasteiger partial charge in [-0.3, -0.25) is 14.4 Å². The predicted octanol–water partition coefficient (Wildman–Crippen LogP) is 1.71. The van der Waals surface area contributed by atoms with Gasteiger partial charge in [0, 0.05) is 37.9 Å². The van der Waals surface area contributed by atoms with Crippen LogP contribution in [0.15, 0.2) is 66.7 Å². The maximum Gasteiger partial charge on any atom is 0.325 e. The van der Waals surface area contributed by atoms with Gasteiger partial charge in [-0.1, -0.05) is 48.5 Å². The van der Waals surface area contributed by atoms with E-state index in [-0.39, 0.29) is 19.1 Å². The second-order valence-electron chi connectivity index (χ2n) is 6.83. The molecule has 1 aliphatic rings. The number of nitrogens with zero attached hydrogens (tertiary/aromatic N) is 2. The van der Waals surface area contributed by atoms with Crippen LogP contribution in [0, 0.1) is 0 Å². The number of piperazine rings is 1. The highest BCUT2D eigenvalue weighted by atomic mass is 16.5. The Morgan fingerprint density at radius 2 is 1.53 bits per heavy atom. The van der Waals surface area contributed by atoms with Gasteiger partial charge in [0.2, 0.25) is 5.91 Å². The molecule has 3 rings (SSSR count). The third kappa shape index (κ3) is 6.48. The van der Waals surface area contributed by atoms with Gasteiger partial charge in [0.25, 0.3) is 5.91 Å². The van der Waals surface area contributed by atoms with Gasteiger partial charge in [0.1, 0.15) is 6.54 Å². The lowest BCUT2D eigenvalue weighted by molar-refractivity contribution is -0.151. The van der Waals surface area contributed by atoms with Crippen LogP contribution in [-0.4, -0.2) is 62.0 Å². The third-order valence-electron chi connectivity index (χ3n) is 4.74. The topological polar surface area (TPSA) is 78.9 Å². The Bertz CT molecular complexity index is 876. The number of hydrogen-bond acceptors (Lipinski definition) is 5. The maximum absolute atomic E-state index is 12.3. The van der Waals surface area contributed by atoms with Crippen LogP contribution in [0.25, 0.3) is 6.08 Å². The Morgan fingerprint density at radius 1 is 0.900 bits per heavy atom. The molecule has 2 amide bonds. The van der Waals surface area contributed by atoms with E-state index in [4.69, 9.17) is 4.74 Å². The van der Waals surface area contributed by atoms with Gasteiger partial charge in [0.15, 0.2) is 6.61 Å². The highest BCUT2D eigenvalue weighted by Crippen LogP contribution is 2.15. The first-order chi connectivity index (χ1) is 14.6. The molecule has 1 aliphatic heterocycles. The van der Waals surface area contributed by atoms with Gasteiger partial charge in [0.05, 0.1) is 0 Å². The summed E-state index contributed by atoms with van der Waals surface area (Å²) >= 11 is 0. The van der Waals surface area contributed by atoms with Crippen LogP contribution in [0.1, 0.15) is 5.56 Å². The number of nitrogens with one attached hydrogen (secondary N) is 1. The van der Waals surface area contributed by atoms with Gasteiger partial charge in [-0.25, -0.2) is 0 Å². The number of anilines is 1. The minimum atomic E-state index is -0.646. The summed E-state index contributed by atoms with van der Waals surface area (Å²) in [5, 5.41) is 2.45. The normalized spacial score (nSPS) is 13.9. The van der Waals surface area contributed by atoms with E-state index in [1.165, 1.54) is 6.08 Å². The van der Waals surface area contributed by atoms with E-state index in [2.05, 4.69) is 10.2 Å². The van der Waals surface area contributed by atoms with E-state index in [9.17, 15) is 14.4 Å². The Kier molecular flexibility index (Phi) is 7.60. The number of amides is 2. The lowest BCUT2D eigenvalue weighted by atomic mass is 10.2. The van der Waals surface area contributed by atoms with Crippen molar-refractivity contribution in [2.45, 2.75) is 0 Å². The Balaban J connectivity index is 1.33. The van der Waals surface area contributed by atoms with Crippen LogP contribution in [0.2, 0.25) is 0 Å². The van der Waals surface area contributed by atoms with Crippen molar-refractivity contribution in [3.8, 4) is 0 Å². The number of esters is 1. The fraction of sp³-hybridized carbons (Fsp3) is 0.261. The SMILES string of the molecule is O=C(/C=C/c1ccccc1)NCC(=O)OCC(=O)N1CCN(c2ccccc2)CC1. The molecule has 1 fully saturated rings. The van der Waals surface area contributed by atoms with Crippen molar-refractivity contribution in [3.63, 3.8) is 0 Å². The fourth-order valence-corrected chi connectivity index (χ4v) is 3.09. The second-order valence-corrected chi connectivity index (χ2v) is 6.83. The Hall–Kier alpha value is -3.61. The first kappa shape index (κ1) is 21.1. The van der Waals surface area contributed by atoms with Crippen molar-refractivity contribution in [3.05, 3.63) is 72.3 Å². The number of carbonyl (C=O) groups is 3. The summed E-state index contributed by atoms with van der Waals surface area (Å²) in [6.45, 7) is 2.01. The summed E-state index contributed by atoms with van der Waals surface area (Å²) in [7, 11) is 0. The number of ether oxygens (including phenoxy) is 1. The Morgan fingerprint density at radius 3 is 2.20 bits per heavy atom. The van der Waals surface area contributed by atoms with Gasteiger partial charge in [-0.2, -0.15) is 0 Å². The van der Waals surface area contributed by atoms with E-state index in [1.54, 1.807) is 11.0 Å². The molecular weight excluding hydrogens is 382 g/mol. The summed E-state index contributed by atoms with van der Waals surface area (Å²) in [4.78, 5) is 39.8. The van der Waals surface area contributed by atoms with E-state index in [1.807, 2.05) is 60.7 Å². The molecule has 156 valence electrons. The average molecular weight is 407 g/mol. The molecule has 2 aromatic rings. The van der Waals surface area contributed by atoms with Crippen molar-refractivity contribution in [1.82, 2.24) is 10.2 Å². The molecule has 30 heavy (non-hydrogen) atoms. The third-order valence-corrected chi connectivity index (χ3v) is 4.74. The number of hydrogen-bond donors (Lipinski definition) is 1. The van der Waals surface area contributed by atoms with Crippen molar-refractivity contribution in [1.29, 1.82) is 0 Å². The average Bonchev–Trinajstić information content (AvgIpc) is 2.81. The van der Waals surface area contributed by atoms with Gasteiger partial charge in [-0.15, -0.1) is 0 Å². The van der Waals surface area contributed by atoms with E-state index in [0.717, 1.165) is 24.3 Å². The minimum Gasteiger partial charge on any atom is -0.454 e. The van der Waals surface area contributed by atoms with Crippen LogP contribution in [0.3, 0.4) is 0 Å². The summed E-state index contributed by atoms with van der Waals surface area (Å²) in [5.74, 6) is -1.28. The van der Waals surface area contributed by atoms with Crippen molar-refractivity contribution < 1.29 is 19.1 Å². The molecule has 0 radical (unpaired) electrons. The standard InChI is InChI=1S/C23H25N3O4/c27-21(12-11-19-7-3-1-4-8-19)24-17-23(29)30-18-22(28)26-15-13-25(14-16-26)20-9-5-2-6-10-20/h1-12H,13-18H2,(H,24,27)/b12-11+. The molecule has 0 aliphatic carbocycles. The second kappa shape index (κ2) is 10.8. The molecule has 0 aromatic heterocycles. The molecule has 2 aromatic carbocycles. The quantitative estimate of drug-likeness (QED) is 0.558. The van der Waals surface area contributed by atoms with Gasteiger partial charge < -0.3 is 19.9 Å². The van der Waals surface area contributed by atoms with Crippen LogP contribution in [0.4, 0.5) is 5.69 Å². The maximum atomic E-state index is 12.3. The van der Waals surface area contributed by atoms with Crippen LogP contribution in [0.5, 0.6) is 0 Å². The molecule has 1 saturated heterocycles. The summed E-state index contributed by atoms with van der Waals surface area (Å²) in [6, 6.07) is 19.4. The molecule has 7 nitrogen and oxygen atoms in total. The van der Waals surface area contributed by atoms with E-state index in [0.29, 0.717) is 13.1 Å². The molecule has 0 saturated carbocycles. The summed E-state index contributed by atoms with van der Waals surface area (Å²) in [6.07, 6.45) is 3.00. The molecule has 0 spiro atoms. The largest absolute Gasteiger partial charge is 0.454 e. The van der Waals surface area contributed by atoms with Crippen LogP contribution >= 0.6 is 0 Å². The highest BCUT2D eigenvalue weighted by molar-refractivity contribution is 5.93. The molecular formula is C23H25N3O4. The molecule has 0 bridgehead atoms. The first-order valence-electron chi connectivity index (χ1n) is 9.86. The van der Waals surface area contributed by atoms with Gasteiger partial charge >= 0.3 is 5.97 Å². The Labute approximate surface area is 175 Å². The fourth-order valence-electron chi connectivity index (χ4n) is 3.09. The van der Waals surface area contributed by atoms with E-state index >= 15 is 0 Å². The molecule has 7 heteroatoms. The van der Waals surface area contributed by atoms with Crippen molar-refractivity contribution in [2.75, 3.05) is 44.2 Å². The number of rotatable bonds is 7.